The summed E-state index contributed by atoms with van der Waals surface area (Å²) in [5, 5.41) is 0. The van der Waals surface area contributed by atoms with Gasteiger partial charge in [-0.1, -0.05) is 5.92 Å². The summed E-state index contributed by atoms with van der Waals surface area (Å²) in [6.45, 7) is 1.64. The van der Waals surface area contributed by atoms with Gasteiger partial charge in [-0.05, 0) is 13.0 Å². The zero-order valence-electron chi connectivity index (χ0n) is 6.06. The molecule has 0 amide bonds. The van der Waals surface area contributed by atoms with Crippen LogP contribution in [0.5, 0.6) is 0 Å². The standard InChI is InChI=1S/C8H7FN2/c1-3-6-4-7(10)8(9)11-5(6)2/h1,4H,10H2,2H3. The number of nitrogen functional groups attached to an aromatic ring is 1. The normalized spacial score (nSPS) is 9.18. The van der Waals surface area contributed by atoms with E-state index in [1.165, 1.54) is 6.07 Å². The SMILES string of the molecule is C#Cc1cc(N)c(F)nc1C. The number of aryl methyl sites for hydroxylation is 1. The van der Waals surface area contributed by atoms with Crippen LogP contribution in [0.25, 0.3) is 0 Å². The summed E-state index contributed by atoms with van der Waals surface area (Å²) >= 11 is 0. The van der Waals surface area contributed by atoms with Gasteiger partial charge in [0.2, 0.25) is 5.95 Å². The fourth-order valence-corrected chi connectivity index (χ4v) is 0.738. The van der Waals surface area contributed by atoms with Crippen LogP contribution in [0.1, 0.15) is 11.3 Å². The molecule has 0 spiro atoms. The molecule has 2 N–H and O–H groups in total. The number of pyridine rings is 1. The zero-order chi connectivity index (χ0) is 8.43. The Kier molecular flexibility index (Phi) is 1.77. The molecule has 0 bridgehead atoms. The first-order valence-electron chi connectivity index (χ1n) is 3.04. The van der Waals surface area contributed by atoms with Crippen molar-refractivity contribution in [2.24, 2.45) is 0 Å². The maximum Gasteiger partial charge on any atom is 0.236 e. The third kappa shape index (κ3) is 1.30. The first kappa shape index (κ1) is 7.55. The Morgan fingerprint density at radius 3 is 2.91 bits per heavy atom. The average molecular weight is 150 g/mol. The van der Waals surface area contributed by atoms with Gasteiger partial charge >= 0.3 is 0 Å². The van der Waals surface area contributed by atoms with Gasteiger partial charge in [0.15, 0.2) is 0 Å². The lowest BCUT2D eigenvalue weighted by atomic mass is 10.2. The van der Waals surface area contributed by atoms with Crippen LogP contribution in [-0.4, -0.2) is 4.98 Å². The molecule has 0 unspecified atom stereocenters. The lowest BCUT2D eigenvalue weighted by Gasteiger charge is -1.99. The summed E-state index contributed by atoms with van der Waals surface area (Å²) in [5.41, 5.74) is 6.24. The van der Waals surface area contributed by atoms with Crippen LogP contribution < -0.4 is 5.73 Å². The molecule has 0 aliphatic rings. The molecule has 0 radical (unpaired) electrons. The van der Waals surface area contributed by atoms with Crippen molar-refractivity contribution in [2.75, 3.05) is 5.73 Å². The fourth-order valence-electron chi connectivity index (χ4n) is 0.738. The maximum atomic E-state index is 12.6. The van der Waals surface area contributed by atoms with Crippen molar-refractivity contribution in [1.29, 1.82) is 0 Å². The molecule has 0 aliphatic heterocycles. The largest absolute Gasteiger partial charge is 0.395 e. The summed E-state index contributed by atoms with van der Waals surface area (Å²) in [6.07, 6.45) is 5.10. The minimum Gasteiger partial charge on any atom is -0.395 e. The Morgan fingerprint density at radius 2 is 2.36 bits per heavy atom. The number of hydrogen-bond donors (Lipinski definition) is 1. The van der Waals surface area contributed by atoms with Gasteiger partial charge in [0.25, 0.3) is 0 Å². The monoisotopic (exact) mass is 150 g/mol. The highest BCUT2D eigenvalue weighted by atomic mass is 19.1. The molecular formula is C8H7FN2. The van der Waals surface area contributed by atoms with Gasteiger partial charge in [-0.3, -0.25) is 0 Å². The van der Waals surface area contributed by atoms with E-state index in [1.54, 1.807) is 6.92 Å². The quantitative estimate of drug-likeness (QED) is 0.444. The number of nitrogens with zero attached hydrogens (tertiary/aromatic N) is 1. The summed E-state index contributed by atoms with van der Waals surface area (Å²) in [6, 6.07) is 1.40. The summed E-state index contributed by atoms with van der Waals surface area (Å²) in [7, 11) is 0. The minimum atomic E-state index is -0.665. The highest BCUT2D eigenvalue weighted by Gasteiger charge is 2.03. The highest BCUT2D eigenvalue weighted by molar-refractivity contribution is 5.47. The van der Waals surface area contributed by atoms with Gasteiger partial charge in [-0.2, -0.15) is 4.39 Å². The molecule has 0 saturated heterocycles. The summed E-state index contributed by atoms with van der Waals surface area (Å²) < 4.78 is 12.6. The number of rotatable bonds is 0. The van der Waals surface area contributed by atoms with Gasteiger partial charge in [-0.15, -0.1) is 6.42 Å². The zero-order valence-corrected chi connectivity index (χ0v) is 6.06. The predicted molar refractivity (Wildman–Crippen MR) is 41.3 cm³/mol. The smallest absolute Gasteiger partial charge is 0.236 e. The third-order valence-electron chi connectivity index (χ3n) is 1.35. The van der Waals surface area contributed by atoms with E-state index in [1.807, 2.05) is 0 Å². The highest BCUT2D eigenvalue weighted by Crippen LogP contribution is 2.11. The van der Waals surface area contributed by atoms with E-state index in [-0.39, 0.29) is 5.69 Å². The van der Waals surface area contributed by atoms with Crippen molar-refractivity contribution in [1.82, 2.24) is 4.98 Å². The molecule has 11 heavy (non-hydrogen) atoms. The number of aromatic nitrogens is 1. The third-order valence-corrected chi connectivity index (χ3v) is 1.35. The molecule has 0 saturated carbocycles. The number of anilines is 1. The number of nitrogens with two attached hydrogens (primary N) is 1. The molecular weight excluding hydrogens is 143 g/mol. The molecule has 1 aromatic heterocycles. The molecule has 1 aromatic rings. The molecule has 2 nitrogen and oxygen atoms in total. The summed E-state index contributed by atoms with van der Waals surface area (Å²) in [5.74, 6) is 1.69. The van der Waals surface area contributed by atoms with Crippen molar-refractivity contribution in [3.05, 3.63) is 23.3 Å². The van der Waals surface area contributed by atoms with Crippen LogP contribution >= 0.6 is 0 Å². The second-order valence-corrected chi connectivity index (χ2v) is 2.15. The van der Waals surface area contributed by atoms with E-state index in [4.69, 9.17) is 12.2 Å². The molecule has 0 aromatic carbocycles. The van der Waals surface area contributed by atoms with E-state index < -0.39 is 5.95 Å². The number of halogens is 1. The van der Waals surface area contributed by atoms with Crippen LogP contribution in [0.15, 0.2) is 6.07 Å². The molecule has 0 aliphatic carbocycles. The fraction of sp³-hybridized carbons (Fsp3) is 0.125. The van der Waals surface area contributed by atoms with E-state index in [2.05, 4.69) is 10.9 Å². The minimum absolute atomic E-state index is 0.0106. The molecule has 3 heteroatoms. The van der Waals surface area contributed by atoms with E-state index >= 15 is 0 Å². The van der Waals surface area contributed by atoms with E-state index in [0.717, 1.165) is 0 Å². The molecule has 0 atom stereocenters. The van der Waals surface area contributed by atoms with Gasteiger partial charge in [0.05, 0.1) is 11.4 Å². The van der Waals surface area contributed by atoms with Gasteiger partial charge in [0.1, 0.15) is 0 Å². The first-order valence-corrected chi connectivity index (χ1v) is 3.04. The molecule has 1 heterocycles. The summed E-state index contributed by atoms with van der Waals surface area (Å²) in [4.78, 5) is 3.51. The van der Waals surface area contributed by atoms with Crippen LogP contribution in [0, 0.1) is 25.2 Å². The van der Waals surface area contributed by atoms with Crippen LogP contribution in [-0.2, 0) is 0 Å². The Balaban J connectivity index is 3.35. The van der Waals surface area contributed by atoms with Crippen LogP contribution in [0.4, 0.5) is 10.1 Å². The Hall–Kier alpha value is -1.56. The second-order valence-electron chi connectivity index (χ2n) is 2.15. The van der Waals surface area contributed by atoms with Crippen molar-refractivity contribution >= 4 is 5.69 Å². The second kappa shape index (κ2) is 2.59. The Bertz CT molecular complexity index is 326. The Labute approximate surface area is 64.3 Å². The maximum absolute atomic E-state index is 12.6. The Morgan fingerprint density at radius 1 is 1.73 bits per heavy atom. The van der Waals surface area contributed by atoms with Crippen LogP contribution in [0.2, 0.25) is 0 Å². The van der Waals surface area contributed by atoms with Gasteiger partial charge in [-0.25, -0.2) is 4.98 Å². The number of terminal acetylenes is 1. The van der Waals surface area contributed by atoms with Crippen molar-refractivity contribution in [3.8, 4) is 12.3 Å². The molecule has 1 rings (SSSR count). The first-order chi connectivity index (χ1) is 5.15. The van der Waals surface area contributed by atoms with Gasteiger partial charge < -0.3 is 5.73 Å². The molecule has 56 valence electrons. The number of hydrogen-bond acceptors (Lipinski definition) is 2. The van der Waals surface area contributed by atoms with E-state index in [0.29, 0.717) is 11.3 Å². The lowest BCUT2D eigenvalue weighted by molar-refractivity contribution is 0.585. The molecule has 0 fully saturated rings. The van der Waals surface area contributed by atoms with Crippen molar-refractivity contribution in [3.63, 3.8) is 0 Å². The van der Waals surface area contributed by atoms with Crippen molar-refractivity contribution < 1.29 is 4.39 Å². The van der Waals surface area contributed by atoms with Gasteiger partial charge in [0, 0.05) is 5.56 Å². The van der Waals surface area contributed by atoms with Crippen LogP contribution in [0.3, 0.4) is 0 Å². The van der Waals surface area contributed by atoms with Crippen molar-refractivity contribution in [2.45, 2.75) is 6.92 Å². The lowest BCUT2D eigenvalue weighted by Crippen LogP contribution is -1.98. The predicted octanol–water partition coefficient (Wildman–Crippen LogP) is 1.09. The average Bonchev–Trinajstić information content (AvgIpc) is 1.97. The van der Waals surface area contributed by atoms with E-state index in [9.17, 15) is 4.39 Å². The topological polar surface area (TPSA) is 38.9 Å².